The highest BCUT2D eigenvalue weighted by Crippen LogP contribution is 2.39. The number of aromatic nitrogens is 4. The van der Waals surface area contributed by atoms with Crippen molar-refractivity contribution in [2.75, 3.05) is 26.3 Å². The zero-order chi connectivity index (χ0) is 24.2. The van der Waals surface area contributed by atoms with Crippen LogP contribution in [0.5, 0.6) is 0 Å². The van der Waals surface area contributed by atoms with Gasteiger partial charge < -0.3 is 9.64 Å². The normalized spacial score (nSPS) is 14.6. The van der Waals surface area contributed by atoms with Gasteiger partial charge in [-0.2, -0.15) is 0 Å². The van der Waals surface area contributed by atoms with E-state index in [2.05, 4.69) is 47.2 Å². The van der Waals surface area contributed by atoms with E-state index in [4.69, 9.17) is 4.74 Å². The summed E-state index contributed by atoms with van der Waals surface area (Å²) in [6, 6.07) is 20.0. The molecule has 0 spiro atoms. The zero-order valence-corrected chi connectivity index (χ0v) is 20.6. The summed E-state index contributed by atoms with van der Waals surface area (Å²) in [6.45, 7) is 6.45. The first-order valence-corrected chi connectivity index (χ1v) is 12.5. The Bertz CT molecular complexity index is 1300. The first-order valence-electron chi connectivity index (χ1n) is 11.6. The van der Waals surface area contributed by atoms with Gasteiger partial charge in [-0.05, 0) is 43.2 Å². The predicted molar refractivity (Wildman–Crippen MR) is 137 cm³/mol. The SMILES string of the molecule is Cc1ccc(-n2c(S[C@H](C(=O)N3CCOCC3)c3ccccc3)nnc2-c2cccnc2)c(C)c1. The van der Waals surface area contributed by atoms with Crippen LogP contribution < -0.4 is 0 Å². The molecule has 0 saturated carbocycles. The number of pyridine rings is 1. The lowest BCUT2D eigenvalue weighted by molar-refractivity contribution is -0.134. The Labute approximate surface area is 209 Å². The molecule has 1 fully saturated rings. The summed E-state index contributed by atoms with van der Waals surface area (Å²) in [7, 11) is 0. The first-order chi connectivity index (χ1) is 17.1. The molecule has 0 bridgehead atoms. The number of morpholine rings is 1. The average molecular weight is 486 g/mol. The summed E-state index contributed by atoms with van der Waals surface area (Å²) in [6.07, 6.45) is 3.52. The van der Waals surface area contributed by atoms with Crippen molar-refractivity contribution in [2.45, 2.75) is 24.3 Å². The fraction of sp³-hybridized carbons (Fsp3) is 0.259. The van der Waals surface area contributed by atoms with E-state index in [-0.39, 0.29) is 5.91 Å². The number of rotatable bonds is 6. The molecule has 1 amide bonds. The van der Waals surface area contributed by atoms with Crippen molar-refractivity contribution in [2.24, 2.45) is 0 Å². The van der Waals surface area contributed by atoms with Gasteiger partial charge in [0.15, 0.2) is 11.0 Å². The van der Waals surface area contributed by atoms with Crippen molar-refractivity contribution in [3.63, 3.8) is 0 Å². The largest absolute Gasteiger partial charge is 0.378 e. The molecule has 1 atom stereocenters. The van der Waals surface area contributed by atoms with Crippen LogP contribution in [0.25, 0.3) is 17.1 Å². The molecular formula is C27H27N5O2S. The fourth-order valence-electron chi connectivity index (χ4n) is 4.25. The number of hydrogen-bond acceptors (Lipinski definition) is 6. The van der Waals surface area contributed by atoms with Crippen molar-refractivity contribution in [1.29, 1.82) is 0 Å². The Morgan fingerprint density at radius 1 is 1.00 bits per heavy atom. The number of benzene rings is 2. The van der Waals surface area contributed by atoms with Crippen molar-refractivity contribution in [1.82, 2.24) is 24.6 Å². The van der Waals surface area contributed by atoms with Crippen molar-refractivity contribution >= 4 is 17.7 Å². The van der Waals surface area contributed by atoms with Gasteiger partial charge in [0.25, 0.3) is 0 Å². The number of ether oxygens (including phenoxy) is 1. The lowest BCUT2D eigenvalue weighted by Gasteiger charge is -2.30. The summed E-state index contributed by atoms with van der Waals surface area (Å²) in [5.74, 6) is 0.751. The fourth-order valence-corrected chi connectivity index (χ4v) is 5.38. The third-order valence-electron chi connectivity index (χ3n) is 6.02. The predicted octanol–water partition coefficient (Wildman–Crippen LogP) is 4.64. The van der Waals surface area contributed by atoms with Crippen LogP contribution in [0, 0.1) is 13.8 Å². The van der Waals surface area contributed by atoms with Gasteiger partial charge in [0.05, 0.1) is 18.9 Å². The molecule has 4 aromatic rings. The molecule has 8 heteroatoms. The van der Waals surface area contributed by atoms with Gasteiger partial charge in [-0.15, -0.1) is 10.2 Å². The van der Waals surface area contributed by atoms with Gasteiger partial charge in [-0.25, -0.2) is 0 Å². The number of hydrogen-bond donors (Lipinski definition) is 0. The molecule has 1 aliphatic heterocycles. The van der Waals surface area contributed by atoms with E-state index in [1.54, 1.807) is 12.4 Å². The first kappa shape index (κ1) is 23.3. The Balaban J connectivity index is 1.60. The highest BCUT2D eigenvalue weighted by molar-refractivity contribution is 8.00. The second-order valence-corrected chi connectivity index (χ2v) is 9.59. The molecular weight excluding hydrogens is 458 g/mol. The van der Waals surface area contributed by atoms with Crippen molar-refractivity contribution in [3.05, 3.63) is 89.7 Å². The molecule has 0 unspecified atom stereocenters. The van der Waals surface area contributed by atoms with E-state index in [9.17, 15) is 4.79 Å². The van der Waals surface area contributed by atoms with Crippen LogP contribution in [0.4, 0.5) is 0 Å². The molecule has 1 aliphatic rings. The Hall–Kier alpha value is -3.49. The molecule has 3 heterocycles. The van der Waals surface area contributed by atoms with E-state index >= 15 is 0 Å². The van der Waals surface area contributed by atoms with Gasteiger partial charge in [0.2, 0.25) is 5.91 Å². The van der Waals surface area contributed by atoms with Gasteiger partial charge in [-0.1, -0.05) is 59.8 Å². The summed E-state index contributed by atoms with van der Waals surface area (Å²) in [5, 5.41) is 9.33. The van der Waals surface area contributed by atoms with Crippen LogP contribution in [-0.4, -0.2) is 56.9 Å². The second kappa shape index (κ2) is 10.4. The molecule has 0 aliphatic carbocycles. The molecule has 2 aromatic heterocycles. The molecule has 7 nitrogen and oxygen atoms in total. The van der Waals surface area contributed by atoms with E-state index in [1.165, 1.54) is 17.3 Å². The number of amides is 1. The third kappa shape index (κ3) is 4.99. The number of carbonyl (C=O) groups is 1. The third-order valence-corrected chi connectivity index (χ3v) is 7.20. The maximum atomic E-state index is 13.7. The monoisotopic (exact) mass is 485 g/mol. The number of nitrogens with zero attached hydrogens (tertiary/aromatic N) is 5. The molecule has 0 N–H and O–H groups in total. The van der Waals surface area contributed by atoms with Crippen LogP contribution in [0.2, 0.25) is 0 Å². The summed E-state index contributed by atoms with van der Waals surface area (Å²) >= 11 is 1.43. The van der Waals surface area contributed by atoms with Crippen LogP contribution in [0.1, 0.15) is 21.9 Å². The molecule has 2 aromatic carbocycles. The second-order valence-electron chi connectivity index (χ2n) is 8.52. The Morgan fingerprint density at radius 3 is 2.51 bits per heavy atom. The average Bonchev–Trinajstić information content (AvgIpc) is 3.32. The quantitative estimate of drug-likeness (QED) is 0.371. The molecule has 35 heavy (non-hydrogen) atoms. The number of aryl methyl sites for hydroxylation is 2. The van der Waals surface area contributed by atoms with E-state index < -0.39 is 5.25 Å². The van der Waals surface area contributed by atoms with Gasteiger partial charge >= 0.3 is 0 Å². The summed E-state index contributed by atoms with van der Waals surface area (Å²) < 4.78 is 7.51. The van der Waals surface area contributed by atoms with E-state index in [0.717, 1.165) is 22.4 Å². The molecule has 5 rings (SSSR count). The van der Waals surface area contributed by atoms with Crippen molar-refractivity contribution in [3.8, 4) is 17.1 Å². The van der Waals surface area contributed by atoms with E-state index in [1.807, 2.05) is 51.9 Å². The van der Waals surface area contributed by atoms with Crippen LogP contribution >= 0.6 is 11.8 Å². The zero-order valence-electron chi connectivity index (χ0n) is 19.8. The smallest absolute Gasteiger partial charge is 0.240 e. The minimum atomic E-state index is -0.454. The van der Waals surface area contributed by atoms with Gasteiger partial charge in [0, 0.05) is 31.0 Å². The van der Waals surface area contributed by atoms with E-state index in [0.29, 0.717) is 37.3 Å². The Kier molecular flexibility index (Phi) is 6.92. The van der Waals surface area contributed by atoms with Crippen LogP contribution in [0.3, 0.4) is 0 Å². The van der Waals surface area contributed by atoms with Crippen LogP contribution in [-0.2, 0) is 9.53 Å². The lowest BCUT2D eigenvalue weighted by Crippen LogP contribution is -2.42. The Morgan fingerprint density at radius 2 is 1.80 bits per heavy atom. The molecule has 178 valence electrons. The van der Waals surface area contributed by atoms with Crippen LogP contribution in [0.15, 0.2) is 78.2 Å². The van der Waals surface area contributed by atoms with Crippen molar-refractivity contribution < 1.29 is 9.53 Å². The molecule has 1 saturated heterocycles. The number of thioether (sulfide) groups is 1. The van der Waals surface area contributed by atoms with Gasteiger partial charge in [0.1, 0.15) is 5.25 Å². The highest BCUT2D eigenvalue weighted by atomic mass is 32.2. The summed E-state index contributed by atoms with van der Waals surface area (Å²) in [4.78, 5) is 19.9. The maximum Gasteiger partial charge on any atom is 0.240 e. The lowest BCUT2D eigenvalue weighted by atomic mass is 10.1. The summed E-state index contributed by atoms with van der Waals surface area (Å²) in [5.41, 5.74) is 5.07. The standard InChI is InChI=1S/C27H27N5O2S/c1-19-10-11-23(20(2)17-19)32-25(22-9-6-12-28-18-22)29-30-27(32)35-24(21-7-4-3-5-8-21)26(33)31-13-15-34-16-14-31/h3-12,17-18,24H,13-16H2,1-2H3/t24-/m0/s1. The highest BCUT2D eigenvalue weighted by Gasteiger charge is 2.31. The minimum absolute atomic E-state index is 0.0580. The maximum absolute atomic E-state index is 13.7. The topological polar surface area (TPSA) is 73.1 Å². The number of carbonyl (C=O) groups excluding carboxylic acids is 1. The van der Waals surface area contributed by atoms with Gasteiger partial charge in [-0.3, -0.25) is 14.3 Å². The minimum Gasteiger partial charge on any atom is -0.378 e. The molecule has 0 radical (unpaired) electrons.